The van der Waals surface area contributed by atoms with Gasteiger partial charge in [-0.25, -0.2) is 0 Å². The van der Waals surface area contributed by atoms with Gasteiger partial charge >= 0.3 is 5.97 Å². The molecule has 0 radical (unpaired) electrons. The Bertz CT molecular complexity index is 1080. The summed E-state index contributed by atoms with van der Waals surface area (Å²) in [5.74, 6) is -0.469. The number of methoxy groups -OCH3 is 1. The lowest BCUT2D eigenvalue weighted by molar-refractivity contribution is -0.145. The SMILES string of the molecule is COC(=O)[C@@H]1CCCN(c2c(-c3ccccc3)c3cc(Cl)ccc3[nH]c2=O)C1. The summed E-state index contributed by atoms with van der Waals surface area (Å²) in [6.45, 7) is 1.17. The lowest BCUT2D eigenvalue weighted by Gasteiger charge is -2.34. The minimum absolute atomic E-state index is 0.167. The van der Waals surface area contributed by atoms with Crippen LogP contribution in [0.5, 0.6) is 0 Å². The Labute approximate surface area is 167 Å². The van der Waals surface area contributed by atoms with E-state index in [-0.39, 0.29) is 17.4 Å². The highest BCUT2D eigenvalue weighted by molar-refractivity contribution is 6.31. The zero-order valence-corrected chi connectivity index (χ0v) is 16.3. The van der Waals surface area contributed by atoms with Crippen LogP contribution in [0.2, 0.25) is 5.02 Å². The molecule has 1 fully saturated rings. The van der Waals surface area contributed by atoms with Gasteiger partial charge in [0.1, 0.15) is 5.69 Å². The van der Waals surface area contributed by atoms with Crippen molar-refractivity contribution in [2.45, 2.75) is 12.8 Å². The summed E-state index contributed by atoms with van der Waals surface area (Å²) in [6, 6.07) is 15.3. The first kappa shape index (κ1) is 18.6. The van der Waals surface area contributed by atoms with E-state index in [9.17, 15) is 9.59 Å². The molecule has 0 spiro atoms. The molecule has 144 valence electrons. The number of esters is 1. The molecule has 1 saturated heterocycles. The van der Waals surface area contributed by atoms with Crippen molar-refractivity contribution < 1.29 is 9.53 Å². The van der Waals surface area contributed by atoms with E-state index in [1.807, 2.05) is 47.4 Å². The molecule has 5 nitrogen and oxygen atoms in total. The number of hydrogen-bond acceptors (Lipinski definition) is 4. The van der Waals surface area contributed by atoms with Crippen molar-refractivity contribution in [3.63, 3.8) is 0 Å². The van der Waals surface area contributed by atoms with Gasteiger partial charge < -0.3 is 14.6 Å². The van der Waals surface area contributed by atoms with Crippen molar-refractivity contribution in [3.05, 3.63) is 63.9 Å². The third kappa shape index (κ3) is 3.38. The van der Waals surface area contributed by atoms with Crippen LogP contribution in [0, 0.1) is 5.92 Å². The van der Waals surface area contributed by atoms with Crippen LogP contribution in [0.1, 0.15) is 12.8 Å². The molecule has 1 aliphatic heterocycles. The average molecular weight is 397 g/mol. The highest BCUT2D eigenvalue weighted by atomic mass is 35.5. The fraction of sp³-hybridized carbons (Fsp3) is 0.273. The number of pyridine rings is 1. The molecule has 1 N–H and O–H groups in total. The summed E-state index contributed by atoms with van der Waals surface area (Å²) in [6.07, 6.45) is 1.59. The van der Waals surface area contributed by atoms with E-state index in [1.54, 1.807) is 6.07 Å². The summed E-state index contributed by atoms with van der Waals surface area (Å²) in [5, 5.41) is 1.49. The zero-order valence-electron chi connectivity index (χ0n) is 15.6. The van der Waals surface area contributed by atoms with Crippen LogP contribution in [-0.4, -0.2) is 31.2 Å². The van der Waals surface area contributed by atoms with Gasteiger partial charge in [0, 0.05) is 34.6 Å². The van der Waals surface area contributed by atoms with E-state index in [1.165, 1.54) is 7.11 Å². The van der Waals surface area contributed by atoms with E-state index < -0.39 is 0 Å². The highest BCUT2D eigenvalue weighted by Gasteiger charge is 2.30. The van der Waals surface area contributed by atoms with Gasteiger partial charge in [0.15, 0.2) is 0 Å². The molecule has 3 aromatic rings. The number of ether oxygens (including phenoxy) is 1. The van der Waals surface area contributed by atoms with Gasteiger partial charge in [0.2, 0.25) is 0 Å². The van der Waals surface area contributed by atoms with Crippen molar-refractivity contribution >= 4 is 34.2 Å². The predicted molar refractivity (Wildman–Crippen MR) is 112 cm³/mol. The van der Waals surface area contributed by atoms with Crippen LogP contribution in [0.3, 0.4) is 0 Å². The normalized spacial score (nSPS) is 16.9. The predicted octanol–water partition coefficient (Wildman–Crippen LogP) is 4.24. The number of carbonyl (C=O) groups is 1. The first-order valence-electron chi connectivity index (χ1n) is 9.32. The minimum Gasteiger partial charge on any atom is -0.469 e. The number of nitrogens with zero attached hydrogens (tertiary/aromatic N) is 1. The van der Waals surface area contributed by atoms with Crippen molar-refractivity contribution in [2.24, 2.45) is 5.92 Å². The maximum absolute atomic E-state index is 13.1. The van der Waals surface area contributed by atoms with Gasteiger partial charge in [-0.3, -0.25) is 9.59 Å². The first-order chi connectivity index (χ1) is 13.6. The second-order valence-corrected chi connectivity index (χ2v) is 7.48. The average Bonchev–Trinajstić information content (AvgIpc) is 2.73. The Kier molecular flexibility index (Phi) is 5.09. The molecular formula is C22H21ClN2O3. The molecular weight excluding hydrogens is 376 g/mol. The summed E-state index contributed by atoms with van der Waals surface area (Å²) in [7, 11) is 1.40. The Balaban J connectivity index is 1.94. The van der Waals surface area contributed by atoms with E-state index in [0.717, 1.165) is 34.9 Å². The van der Waals surface area contributed by atoms with E-state index in [4.69, 9.17) is 16.3 Å². The fourth-order valence-electron chi connectivity index (χ4n) is 3.99. The van der Waals surface area contributed by atoms with Crippen LogP contribution < -0.4 is 10.5 Å². The fourth-order valence-corrected chi connectivity index (χ4v) is 4.17. The third-order valence-electron chi connectivity index (χ3n) is 5.29. The lowest BCUT2D eigenvalue weighted by atomic mass is 9.94. The molecule has 0 aliphatic carbocycles. The molecule has 0 saturated carbocycles. The quantitative estimate of drug-likeness (QED) is 0.673. The van der Waals surface area contributed by atoms with Gasteiger partial charge in [0.25, 0.3) is 5.56 Å². The zero-order chi connectivity index (χ0) is 19.7. The number of carbonyl (C=O) groups excluding carboxylic acids is 1. The molecule has 2 aromatic carbocycles. The van der Waals surface area contributed by atoms with Crippen LogP contribution in [0.15, 0.2) is 53.3 Å². The maximum atomic E-state index is 13.1. The molecule has 0 unspecified atom stereocenters. The Hall–Kier alpha value is -2.79. The van der Waals surface area contributed by atoms with Crippen LogP contribution in [-0.2, 0) is 9.53 Å². The topological polar surface area (TPSA) is 62.4 Å². The minimum atomic E-state index is -0.239. The van der Waals surface area contributed by atoms with Gasteiger partial charge in [-0.1, -0.05) is 41.9 Å². The number of piperidine rings is 1. The molecule has 6 heteroatoms. The van der Waals surface area contributed by atoms with Gasteiger partial charge in [0.05, 0.1) is 13.0 Å². The van der Waals surface area contributed by atoms with Crippen molar-refractivity contribution in [2.75, 3.05) is 25.1 Å². The second kappa shape index (κ2) is 7.68. The Morgan fingerprint density at radius 1 is 1.21 bits per heavy atom. The van der Waals surface area contributed by atoms with E-state index in [0.29, 0.717) is 23.8 Å². The summed E-state index contributed by atoms with van der Waals surface area (Å²) < 4.78 is 4.94. The monoisotopic (exact) mass is 396 g/mol. The molecule has 1 aliphatic rings. The summed E-state index contributed by atoms with van der Waals surface area (Å²) in [5.41, 5.74) is 2.93. The number of aromatic amines is 1. The third-order valence-corrected chi connectivity index (χ3v) is 5.52. The number of rotatable bonds is 3. The van der Waals surface area contributed by atoms with Crippen LogP contribution >= 0.6 is 11.6 Å². The lowest BCUT2D eigenvalue weighted by Crippen LogP contribution is -2.41. The second-order valence-electron chi connectivity index (χ2n) is 7.04. The highest BCUT2D eigenvalue weighted by Crippen LogP contribution is 2.37. The number of halogens is 1. The molecule has 2 heterocycles. The summed E-state index contributed by atoms with van der Waals surface area (Å²) in [4.78, 5) is 30.2. The van der Waals surface area contributed by atoms with Crippen molar-refractivity contribution in [1.82, 2.24) is 4.98 Å². The standard InChI is InChI=1S/C22H21ClN2O3/c1-28-22(27)15-8-5-11-25(13-15)20-19(14-6-3-2-4-7-14)17-12-16(23)9-10-18(17)24-21(20)26/h2-4,6-7,9-10,12,15H,5,8,11,13H2,1H3,(H,24,26)/t15-/m1/s1. The largest absolute Gasteiger partial charge is 0.469 e. The number of nitrogens with one attached hydrogen (secondary N) is 1. The number of fused-ring (bicyclic) bond motifs is 1. The molecule has 0 amide bonds. The Morgan fingerprint density at radius 2 is 2.00 bits per heavy atom. The number of H-pyrrole nitrogens is 1. The van der Waals surface area contributed by atoms with Crippen molar-refractivity contribution in [1.29, 1.82) is 0 Å². The van der Waals surface area contributed by atoms with Gasteiger partial charge in [-0.2, -0.15) is 0 Å². The van der Waals surface area contributed by atoms with E-state index >= 15 is 0 Å². The molecule has 4 rings (SSSR count). The molecule has 28 heavy (non-hydrogen) atoms. The molecule has 1 aromatic heterocycles. The summed E-state index contributed by atoms with van der Waals surface area (Å²) >= 11 is 6.27. The Morgan fingerprint density at radius 3 is 2.75 bits per heavy atom. The van der Waals surface area contributed by atoms with Crippen molar-refractivity contribution in [3.8, 4) is 11.1 Å². The van der Waals surface area contributed by atoms with Gasteiger partial charge in [-0.05, 0) is 36.6 Å². The van der Waals surface area contributed by atoms with Crippen LogP contribution in [0.4, 0.5) is 5.69 Å². The number of aromatic nitrogens is 1. The maximum Gasteiger partial charge on any atom is 0.310 e. The number of hydrogen-bond donors (Lipinski definition) is 1. The van der Waals surface area contributed by atoms with E-state index in [2.05, 4.69) is 4.98 Å². The van der Waals surface area contributed by atoms with Crippen LogP contribution in [0.25, 0.3) is 22.0 Å². The first-order valence-corrected chi connectivity index (χ1v) is 9.70. The molecule has 0 bridgehead atoms. The molecule has 1 atom stereocenters. The number of benzene rings is 2. The number of anilines is 1. The smallest absolute Gasteiger partial charge is 0.310 e. The van der Waals surface area contributed by atoms with Gasteiger partial charge in [-0.15, -0.1) is 0 Å².